The largest absolute Gasteiger partial charge is 0.207 e. The van der Waals surface area contributed by atoms with Crippen LogP contribution in [0.15, 0.2) is 18.2 Å². The average molecular weight is 168 g/mol. The van der Waals surface area contributed by atoms with Gasteiger partial charge in [-0.3, -0.25) is 0 Å². The van der Waals surface area contributed by atoms with Gasteiger partial charge in [0.2, 0.25) is 0 Å². The Balaban J connectivity index is 0.000000354. The first-order chi connectivity index (χ1) is 5.61. The molecule has 0 aromatic heterocycles. The molecule has 0 radical (unpaired) electrons. The Labute approximate surface area is 74.4 Å². The van der Waals surface area contributed by atoms with Gasteiger partial charge in [0.05, 0.1) is 0 Å². The SMILES string of the molecule is CCC.Cc1ccc(C)c(F)c1. The molecule has 0 unspecified atom stereocenters. The highest BCUT2D eigenvalue weighted by Gasteiger charge is 1.93. The van der Waals surface area contributed by atoms with Gasteiger partial charge in [-0.1, -0.05) is 32.4 Å². The number of hydrogen-bond acceptors (Lipinski definition) is 0. The van der Waals surface area contributed by atoms with Gasteiger partial charge in [0.15, 0.2) is 0 Å². The van der Waals surface area contributed by atoms with Gasteiger partial charge < -0.3 is 0 Å². The maximum atomic E-state index is 12.6. The predicted molar refractivity (Wildman–Crippen MR) is 51.8 cm³/mol. The molecule has 1 rings (SSSR count). The van der Waals surface area contributed by atoms with E-state index in [4.69, 9.17) is 0 Å². The summed E-state index contributed by atoms with van der Waals surface area (Å²) in [6, 6.07) is 5.22. The molecular weight excluding hydrogens is 151 g/mol. The fourth-order valence-corrected chi connectivity index (χ4v) is 0.698. The highest BCUT2D eigenvalue weighted by atomic mass is 19.1. The highest BCUT2D eigenvalue weighted by molar-refractivity contribution is 5.21. The topological polar surface area (TPSA) is 0 Å². The minimum Gasteiger partial charge on any atom is -0.207 e. The lowest BCUT2D eigenvalue weighted by molar-refractivity contribution is 0.617. The third-order valence-corrected chi connectivity index (χ3v) is 1.33. The van der Waals surface area contributed by atoms with Crippen LogP contribution < -0.4 is 0 Å². The molecule has 0 aliphatic rings. The van der Waals surface area contributed by atoms with Crippen LogP contribution in [-0.4, -0.2) is 0 Å². The third-order valence-electron chi connectivity index (χ3n) is 1.33. The van der Waals surface area contributed by atoms with Crippen LogP contribution >= 0.6 is 0 Å². The van der Waals surface area contributed by atoms with E-state index in [0.29, 0.717) is 5.56 Å². The molecule has 68 valence electrons. The van der Waals surface area contributed by atoms with Gasteiger partial charge in [-0.25, -0.2) is 4.39 Å². The molecule has 0 spiro atoms. The fraction of sp³-hybridized carbons (Fsp3) is 0.455. The molecule has 0 aliphatic heterocycles. The second kappa shape index (κ2) is 5.76. The van der Waals surface area contributed by atoms with Crippen molar-refractivity contribution in [3.8, 4) is 0 Å². The molecule has 0 N–H and O–H groups in total. The Hall–Kier alpha value is -0.850. The van der Waals surface area contributed by atoms with Gasteiger partial charge in [-0.05, 0) is 31.0 Å². The van der Waals surface area contributed by atoms with Gasteiger partial charge in [0.1, 0.15) is 5.82 Å². The zero-order chi connectivity index (χ0) is 9.56. The number of benzene rings is 1. The maximum absolute atomic E-state index is 12.6. The van der Waals surface area contributed by atoms with Crippen molar-refractivity contribution < 1.29 is 4.39 Å². The summed E-state index contributed by atoms with van der Waals surface area (Å²) in [7, 11) is 0. The van der Waals surface area contributed by atoms with Crippen LogP contribution in [-0.2, 0) is 0 Å². The van der Waals surface area contributed by atoms with Crippen LogP contribution in [0.2, 0.25) is 0 Å². The summed E-state index contributed by atoms with van der Waals surface area (Å²) in [5.41, 5.74) is 1.68. The van der Waals surface area contributed by atoms with E-state index in [2.05, 4.69) is 13.8 Å². The van der Waals surface area contributed by atoms with Crippen molar-refractivity contribution in [2.45, 2.75) is 34.1 Å². The van der Waals surface area contributed by atoms with Gasteiger partial charge in [-0.15, -0.1) is 0 Å². The fourth-order valence-electron chi connectivity index (χ4n) is 0.698. The minimum atomic E-state index is -0.116. The lowest BCUT2D eigenvalue weighted by atomic mass is 10.2. The summed E-state index contributed by atoms with van der Waals surface area (Å²) in [6.07, 6.45) is 1.25. The molecule has 1 aromatic rings. The first kappa shape index (κ1) is 11.2. The second-order valence-electron chi connectivity index (χ2n) is 2.96. The van der Waals surface area contributed by atoms with E-state index < -0.39 is 0 Å². The molecule has 1 aromatic carbocycles. The lowest BCUT2D eigenvalue weighted by Gasteiger charge is -1.94. The molecule has 0 saturated heterocycles. The summed E-state index contributed by atoms with van der Waals surface area (Å²) in [5, 5.41) is 0. The predicted octanol–water partition coefficient (Wildman–Crippen LogP) is 3.86. The van der Waals surface area contributed by atoms with Crippen molar-refractivity contribution in [3.63, 3.8) is 0 Å². The standard InChI is InChI=1S/C8H9F.C3H8/c1-6-3-4-7(2)8(9)5-6;1-3-2/h3-5H,1-2H3;3H2,1-2H3. The van der Waals surface area contributed by atoms with Crippen molar-refractivity contribution >= 4 is 0 Å². The zero-order valence-corrected chi connectivity index (χ0v) is 8.32. The Morgan fingerprint density at radius 1 is 1.17 bits per heavy atom. The zero-order valence-electron chi connectivity index (χ0n) is 8.32. The molecule has 1 heteroatoms. The molecule has 0 amide bonds. The Bertz CT molecular complexity index is 228. The van der Waals surface area contributed by atoms with Gasteiger partial charge >= 0.3 is 0 Å². The van der Waals surface area contributed by atoms with E-state index in [9.17, 15) is 4.39 Å². The highest BCUT2D eigenvalue weighted by Crippen LogP contribution is 2.06. The number of aryl methyl sites for hydroxylation is 2. The van der Waals surface area contributed by atoms with Crippen LogP contribution in [0.25, 0.3) is 0 Å². The van der Waals surface area contributed by atoms with Crippen LogP contribution in [0.1, 0.15) is 31.4 Å². The van der Waals surface area contributed by atoms with Crippen LogP contribution in [0.3, 0.4) is 0 Å². The molecule has 0 heterocycles. The van der Waals surface area contributed by atoms with Gasteiger partial charge in [-0.2, -0.15) is 0 Å². The molecule has 0 aliphatic carbocycles. The monoisotopic (exact) mass is 168 g/mol. The van der Waals surface area contributed by atoms with E-state index in [-0.39, 0.29) is 5.82 Å². The van der Waals surface area contributed by atoms with Gasteiger partial charge in [0, 0.05) is 0 Å². The van der Waals surface area contributed by atoms with E-state index >= 15 is 0 Å². The Kier molecular flexibility index (Phi) is 5.35. The quantitative estimate of drug-likeness (QED) is 0.552. The smallest absolute Gasteiger partial charge is 0.126 e. The number of rotatable bonds is 0. The van der Waals surface area contributed by atoms with Crippen LogP contribution in [0.4, 0.5) is 4.39 Å². The van der Waals surface area contributed by atoms with E-state index in [0.717, 1.165) is 5.56 Å². The Morgan fingerprint density at radius 3 is 2.00 bits per heavy atom. The molecule has 0 saturated carbocycles. The summed E-state index contributed by atoms with van der Waals surface area (Å²) < 4.78 is 12.6. The van der Waals surface area contributed by atoms with E-state index in [1.165, 1.54) is 12.5 Å². The molecule has 0 bridgehead atoms. The first-order valence-electron chi connectivity index (χ1n) is 4.34. The third kappa shape index (κ3) is 4.12. The molecule has 0 nitrogen and oxygen atoms in total. The maximum Gasteiger partial charge on any atom is 0.126 e. The molecule has 0 atom stereocenters. The lowest BCUT2D eigenvalue weighted by Crippen LogP contribution is -1.81. The molecular formula is C11H17F. The molecule has 12 heavy (non-hydrogen) atoms. The van der Waals surface area contributed by atoms with Crippen LogP contribution in [0.5, 0.6) is 0 Å². The second-order valence-corrected chi connectivity index (χ2v) is 2.96. The van der Waals surface area contributed by atoms with Crippen molar-refractivity contribution in [1.29, 1.82) is 0 Å². The average Bonchev–Trinajstić information content (AvgIpc) is 1.99. The van der Waals surface area contributed by atoms with Crippen molar-refractivity contribution in [2.24, 2.45) is 0 Å². The van der Waals surface area contributed by atoms with Crippen molar-refractivity contribution in [2.75, 3.05) is 0 Å². The Morgan fingerprint density at radius 2 is 1.67 bits per heavy atom. The normalized spacial score (nSPS) is 8.75. The summed E-state index contributed by atoms with van der Waals surface area (Å²) in [5.74, 6) is -0.116. The summed E-state index contributed by atoms with van der Waals surface area (Å²) in [6.45, 7) is 7.89. The van der Waals surface area contributed by atoms with E-state index in [1.54, 1.807) is 13.0 Å². The van der Waals surface area contributed by atoms with Crippen LogP contribution in [0, 0.1) is 19.7 Å². The first-order valence-corrected chi connectivity index (χ1v) is 4.34. The molecule has 0 fully saturated rings. The minimum absolute atomic E-state index is 0.116. The number of halogens is 1. The van der Waals surface area contributed by atoms with Gasteiger partial charge in [0.25, 0.3) is 0 Å². The number of hydrogen-bond donors (Lipinski definition) is 0. The summed E-state index contributed by atoms with van der Waals surface area (Å²) >= 11 is 0. The summed E-state index contributed by atoms with van der Waals surface area (Å²) in [4.78, 5) is 0. The van der Waals surface area contributed by atoms with Crippen molar-refractivity contribution in [1.82, 2.24) is 0 Å². The van der Waals surface area contributed by atoms with E-state index in [1.807, 2.05) is 13.0 Å². The van der Waals surface area contributed by atoms with Crippen molar-refractivity contribution in [3.05, 3.63) is 35.1 Å².